The number of benzene rings is 2. The molecule has 0 heterocycles. The van der Waals surface area contributed by atoms with Gasteiger partial charge in [0.2, 0.25) is 0 Å². The van der Waals surface area contributed by atoms with E-state index in [1.807, 2.05) is 44.2 Å². The minimum atomic E-state index is -0.175. The molecule has 1 unspecified atom stereocenters. The van der Waals surface area contributed by atoms with Gasteiger partial charge >= 0.3 is 0 Å². The fraction of sp³-hybridized carbons (Fsp3) is 0.333. The molecule has 0 spiro atoms. The van der Waals surface area contributed by atoms with Crippen molar-refractivity contribution >= 4 is 11.6 Å². The molecule has 2 aromatic carbocycles. The van der Waals surface area contributed by atoms with Gasteiger partial charge in [0.1, 0.15) is 5.75 Å². The molecule has 0 aromatic heterocycles. The lowest BCUT2D eigenvalue weighted by atomic mass is 9.94. The summed E-state index contributed by atoms with van der Waals surface area (Å²) in [5.74, 6) is 0.869. The monoisotopic (exact) mass is 303 g/mol. The first-order valence-electron chi connectivity index (χ1n) is 7.28. The molecule has 2 N–H and O–H groups in total. The number of hydrogen-bond acceptors (Lipinski definition) is 2. The van der Waals surface area contributed by atoms with Crippen LogP contribution < -0.4 is 10.5 Å². The fourth-order valence-corrected chi connectivity index (χ4v) is 2.55. The SMILES string of the molecule is CCCOc1cccc(C(N)c2cc(C)c(Cl)cc2C)c1. The van der Waals surface area contributed by atoms with Crippen LogP contribution >= 0.6 is 11.6 Å². The Morgan fingerprint density at radius 2 is 1.90 bits per heavy atom. The van der Waals surface area contributed by atoms with Crippen molar-refractivity contribution < 1.29 is 4.74 Å². The first-order chi connectivity index (χ1) is 10.0. The molecule has 21 heavy (non-hydrogen) atoms. The summed E-state index contributed by atoms with van der Waals surface area (Å²) in [5, 5.41) is 0.781. The van der Waals surface area contributed by atoms with Crippen LogP contribution in [0.5, 0.6) is 5.75 Å². The summed E-state index contributed by atoms with van der Waals surface area (Å²) < 4.78 is 5.68. The van der Waals surface area contributed by atoms with Crippen molar-refractivity contribution in [3.05, 3.63) is 63.7 Å². The van der Waals surface area contributed by atoms with Gasteiger partial charge < -0.3 is 10.5 Å². The molecule has 0 aliphatic heterocycles. The maximum Gasteiger partial charge on any atom is 0.119 e. The Morgan fingerprint density at radius 3 is 2.62 bits per heavy atom. The molecule has 2 rings (SSSR count). The smallest absolute Gasteiger partial charge is 0.119 e. The number of hydrogen-bond donors (Lipinski definition) is 1. The topological polar surface area (TPSA) is 35.2 Å². The molecule has 112 valence electrons. The summed E-state index contributed by atoms with van der Waals surface area (Å²) in [6.45, 7) is 6.85. The summed E-state index contributed by atoms with van der Waals surface area (Å²) in [6.07, 6.45) is 0.992. The summed E-state index contributed by atoms with van der Waals surface area (Å²) in [5.41, 5.74) is 10.7. The first-order valence-corrected chi connectivity index (χ1v) is 7.65. The van der Waals surface area contributed by atoms with Gasteiger partial charge in [-0.2, -0.15) is 0 Å². The highest BCUT2D eigenvalue weighted by atomic mass is 35.5. The van der Waals surface area contributed by atoms with E-state index in [0.29, 0.717) is 0 Å². The summed E-state index contributed by atoms with van der Waals surface area (Å²) in [4.78, 5) is 0. The zero-order chi connectivity index (χ0) is 15.4. The largest absolute Gasteiger partial charge is 0.494 e. The summed E-state index contributed by atoms with van der Waals surface area (Å²) >= 11 is 6.16. The van der Waals surface area contributed by atoms with Crippen molar-refractivity contribution in [1.82, 2.24) is 0 Å². The van der Waals surface area contributed by atoms with Crippen molar-refractivity contribution in [3.63, 3.8) is 0 Å². The lowest BCUT2D eigenvalue weighted by Crippen LogP contribution is -2.13. The van der Waals surface area contributed by atoms with Crippen molar-refractivity contribution in [1.29, 1.82) is 0 Å². The molecule has 0 fully saturated rings. The second-order valence-corrected chi connectivity index (χ2v) is 5.76. The molecule has 2 nitrogen and oxygen atoms in total. The van der Waals surface area contributed by atoms with Gasteiger partial charge in [-0.1, -0.05) is 36.7 Å². The van der Waals surface area contributed by atoms with Crippen LogP contribution in [0.2, 0.25) is 5.02 Å². The average molecular weight is 304 g/mol. The highest BCUT2D eigenvalue weighted by Gasteiger charge is 2.14. The molecule has 1 atom stereocenters. The number of rotatable bonds is 5. The van der Waals surface area contributed by atoms with Crippen molar-refractivity contribution in [2.75, 3.05) is 6.61 Å². The molecule has 0 bridgehead atoms. The number of ether oxygens (including phenoxy) is 1. The quantitative estimate of drug-likeness (QED) is 0.861. The molecular formula is C18H22ClNO. The Kier molecular flexibility index (Phi) is 5.27. The van der Waals surface area contributed by atoms with E-state index in [-0.39, 0.29) is 6.04 Å². The molecule has 3 heteroatoms. The third kappa shape index (κ3) is 3.78. The predicted octanol–water partition coefficient (Wildman–Crippen LogP) is 4.79. The fourth-order valence-electron chi connectivity index (χ4n) is 2.34. The van der Waals surface area contributed by atoms with Crippen molar-refractivity contribution in [2.24, 2.45) is 5.73 Å². The van der Waals surface area contributed by atoms with E-state index in [1.165, 1.54) is 0 Å². The molecule has 0 aliphatic carbocycles. The highest BCUT2D eigenvalue weighted by Crippen LogP contribution is 2.29. The van der Waals surface area contributed by atoms with Gasteiger partial charge in [0, 0.05) is 5.02 Å². The third-order valence-electron chi connectivity index (χ3n) is 3.57. The Hall–Kier alpha value is -1.51. The minimum absolute atomic E-state index is 0.175. The molecule has 0 amide bonds. The van der Waals surface area contributed by atoms with Crippen LogP contribution in [0.1, 0.15) is 41.6 Å². The van der Waals surface area contributed by atoms with Crippen LogP contribution in [0.25, 0.3) is 0 Å². The van der Waals surface area contributed by atoms with Crippen LogP contribution in [0.4, 0.5) is 0 Å². The summed E-state index contributed by atoms with van der Waals surface area (Å²) in [7, 11) is 0. The Morgan fingerprint density at radius 1 is 1.14 bits per heavy atom. The maximum atomic E-state index is 6.44. The van der Waals surface area contributed by atoms with E-state index in [1.54, 1.807) is 0 Å². The first kappa shape index (κ1) is 15.9. The van der Waals surface area contributed by atoms with Crippen LogP contribution in [0.15, 0.2) is 36.4 Å². The van der Waals surface area contributed by atoms with E-state index < -0.39 is 0 Å². The van der Waals surface area contributed by atoms with E-state index in [4.69, 9.17) is 22.1 Å². The molecule has 0 saturated carbocycles. The van der Waals surface area contributed by atoms with Gasteiger partial charge in [0.15, 0.2) is 0 Å². The average Bonchev–Trinajstić information content (AvgIpc) is 2.48. The molecule has 2 aromatic rings. The van der Waals surface area contributed by atoms with E-state index >= 15 is 0 Å². The predicted molar refractivity (Wildman–Crippen MR) is 89.2 cm³/mol. The maximum absolute atomic E-state index is 6.44. The summed E-state index contributed by atoms with van der Waals surface area (Å²) in [6, 6.07) is 11.9. The lowest BCUT2D eigenvalue weighted by Gasteiger charge is -2.17. The Balaban J connectivity index is 2.31. The van der Waals surface area contributed by atoms with Gasteiger partial charge in [0.05, 0.1) is 12.6 Å². The van der Waals surface area contributed by atoms with Crippen molar-refractivity contribution in [2.45, 2.75) is 33.2 Å². The van der Waals surface area contributed by atoms with E-state index in [9.17, 15) is 0 Å². The number of nitrogens with two attached hydrogens (primary N) is 1. The van der Waals surface area contributed by atoms with E-state index in [2.05, 4.69) is 13.0 Å². The Labute approximate surface area is 131 Å². The standard InChI is InChI=1S/C18H22ClNO/c1-4-8-21-15-7-5-6-14(11-15)18(20)16-9-13(3)17(19)10-12(16)2/h5-7,9-11,18H,4,8,20H2,1-3H3. The zero-order valence-corrected chi connectivity index (χ0v) is 13.6. The van der Waals surface area contributed by atoms with E-state index in [0.717, 1.165) is 46.1 Å². The van der Waals surface area contributed by atoms with Crippen LogP contribution in [-0.2, 0) is 0 Å². The molecule has 0 saturated heterocycles. The normalized spacial score (nSPS) is 12.2. The van der Waals surface area contributed by atoms with Crippen molar-refractivity contribution in [3.8, 4) is 5.75 Å². The van der Waals surface area contributed by atoms with Gasteiger partial charge in [0.25, 0.3) is 0 Å². The van der Waals surface area contributed by atoms with Crippen LogP contribution in [0, 0.1) is 13.8 Å². The second kappa shape index (κ2) is 6.97. The highest BCUT2D eigenvalue weighted by molar-refractivity contribution is 6.31. The molecule has 0 radical (unpaired) electrons. The third-order valence-corrected chi connectivity index (χ3v) is 3.98. The van der Waals surface area contributed by atoms with Gasteiger partial charge in [-0.3, -0.25) is 0 Å². The molecule has 0 aliphatic rings. The number of halogens is 1. The van der Waals surface area contributed by atoms with Crippen LogP contribution in [0.3, 0.4) is 0 Å². The molecular weight excluding hydrogens is 282 g/mol. The minimum Gasteiger partial charge on any atom is -0.494 e. The number of aryl methyl sites for hydroxylation is 2. The van der Waals surface area contributed by atoms with Gasteiger partial charge in [-0.15, -0.1) is 0 Å². The Bertz CT molecular complexity index is 625. The van der Waals surface area contributed by atoms with Crippen LogP contribution in [-0.4, -0.2) is 6.61 Å². The van der Waals surface area contributed by atoms with Gasteiger partial charge in [-0.25, -0.2) is 0 Å². The zero-order valence-electron chi connectivity index (χ0n) is 12.8. The lowest BCUT2D eigenvalue weighted by molar-refractivity contribution is 0.317. The second-order valence-electron chi connectivity index (χ2n) is 5.36. The van der Waals surface area contributed by atoms with Gasteiger partial charge in [-0.05, 0) is 60.7 Å².